The zero-order valence-corrected chi connectivity index (χ0v) is 15.4. The van der Waals surface area contributed by atoms with Crippen molar-refractivity contribution in [3.8, 4) is 0 Å². The number of nitrogens with one attached hydrogen (secondary N) is 2. The second-order valence-corrected chi connectivity index (χ2v) is 8.04. The number of halogens is 1. The van der Waals surface area contributed by atoms with Crippen LogP contribution in [-0.4, -0.2) is 38.9 Å². The molecule has 0 aromatic heterocycles. The van der Waals surface area contributed by atoms with Crippen LogP contribution in [0.1, 0.15) is 25.8 Å². The summed E-state index contributed by atoms with van der Waals surface area (Å²) in [6.07, 6.45) is 0.773. The Hall–Kier alpha value is -0.630. The molecule has 0 atom stereocenters. The predicted molar refractivity (Wildman–Crippen MR) is 91.8 cm³/mol. The van der Waals surface area contributed by atoms with Gasteiger partial charge in [0.05, 0.1) is 5.69 Å². The predicted octanol–water partition coefficient (Wildman–Crippen LogP) is 2.73. The number of rotatable bonds is 8. The highest BCUT2D eigenvalue weighted by Crippen LogP contribution is 2.21. The molecule has 0 aliphatic rings. The molecule has 2 N–H and O–H groups in total. The van der Waals surface area contributed by atoms with Gasteiger partial charge in [-0.3, -0.25) is 4.72 Å². The van der Waals surface area contributed by atoms with Gasteiger partial charge in [0.25, 0.3) is 0 Å². The van der Waals surface area contributed by atoms with Gasteiger partial charge in [-0.25, -0.2) is 0 Å². The number of hydrogen-bond acceptors (Lipinski definition) is 3. The van der Waals surface area contributed by atoms with Crippen molar-refractivity contribution in [3.63, 3.8) is 0 Å². The van der Waals surface area contributed by atoms with Gasteiger partial charge in [-0.2, -0.15) is 12.7 Å². The molecule has 0 bridgehead atoms. The second kappa shape index (κ2) is 8.12. The lowest BCUT2D eigenvalue weighted by Gasteiger charge is -2.19. The molecule has 1 aromatic rings. The molecule has 5 nitrogen and oxygen atoms in total. The number of hydrogen-bond donors (Lipinski definition) is 2. The molecular formula is C14H24BrN3O2S. The van der Waals surface area contributed by atoms with Crippen LogP contribution in [0.5, 0.6) is 0 Å². The quantitative estimate of drug-likeness (QED) is 0.684. The molecule has 0 aliphatic heterocycles. The fraction of sp³-hybridized carbons (Fsp3) is 0.571. The molecule has 0 amide bonds. The molecular weight excluding hydrogens is 354 g/mol. The van der Waals surface area contributed by atoms with E-state index >= 15 is 0 Å². The highest BCUT2D eigenvalue weighted by molar-refractivity contribution is 9.10. The van der Waals surface area contributed by atoms with Crippen LogP contribution in [0.2, 0.25) is 0 Å². The van der Waals surface area contributed by atoms with Crippen molar-refractivity contribution in [1.82, 2.24) is 9.62 Å². The van der Waals surface area contributed by atoms with E-state index in [1.54, 1.807) is 13.1 Å². The Morgan fingerprint density at radius 3 is 2.57 bits per heavy atom. The molecule has 120 valence electrons. The molecule has 1 aromatic carbocycles. The van der Waals surface area contributed by atoms with E-state index in [1.807, 2.05) is 19.1 Å². The topological polar surface area (TPSA) is 61.4 Å². The smallest absolute Gasteiger partial charge is 0.301 e. The van der Waals surface area contributed by atoms with Crippen LogP contribution in [-0.2, 0) is 10.2 Å². The van der Waals surface area contributed by atoms with E-state index in [-0.39, 0.29) is 0 Å². The molecule has 0 fully saturated rings. The summed E-state index contributed by atoms with van der Waals surface area (Å²) >= 11 is 3.36. The molecule has 0 saturated heterocycles. The first-order valence-electron chi connectivity index (χ1n) is 6.96. The van der Waals surface area contributed by atoms with Crippen LogP contribution >= 0.6 is 15.9 Å². The monoisotopic (exact) mass is 377 g/mol. The Labute approximate surface area is 136 Å². The fourth-order valence-electron chi connectivity index (χ4n) is 1.77. The number of benzene rings is 1. The molecule has 1 rings (SSSR count). The van der Waals surface area contributed by atoms with Gasteiger partial charge in [0.2, 0.25) is 0 Å². The number of anilines is 1. The number of nitrogens with zero attached hydrogens (tertiary/aromatic N) is 1. The highest BCUT2D eigenvalue weighted by Gasteiger charge is 2.17. The maximum absolute atomic E-state index is 12.2. The largest absolute Gasteiger partial charge is 0.314 e. The zero-order valence-electron chi connectivity index (χ0n) is 13.0. The third-order valence-electron chi connectivity index (χ3n) is 3.04. The van der Waals surface area contributed by atoms with Crippen molar-refractivity contribution in [2.45, 2.75) is 33.2 Å². The minimum Gasteiger partial charge on any atom is -0.314 e. The second-order valence-electron chi connectivity index (χ2n) is 5.35. The summed E-state index contributed by atoms with van der Waals surface area (Å²) in [5.74, 6) is 0. The summed E-state index contributed by atoms with van der Waals surface area (Å²) in [5, 5.41) is 3.27. The maximum Gasteiger partial charge on any atom is 0.301 e. The fourth-order valence-corrected chi connectivity index (χ4v) is 3.28. The molecule has 0 aliphatic carbocycles. The van der Waals surface area contributed by atoms with Gasteiger partial charge in [-0.1, -0.05) is 29.8 Å². The van der Waals surface area contributed by atoms with Gasteiger partial charge in [-0.05, 0) is 43.7 Å². The van der Waals surface area contributed by atoms with Crippen molar-refractivity contribution in [3.05, 3.63) is 28.2 Å². The third-order valence-corrected chi connectivity index (χ3v) is 5.01. The first-order valence-corrected chi connectivity index (χ1v) is 9.19. The van der Waals surface area contributed by atoms with Crippen LogP contribution in [0.25, 0.3) is 0 Å². The molecule has 21 heavy (non-hydrogen) atoms. The SMILES string of the molecule is Cc1cc(Br)ccc1NS(=O)(=O)N(C)CCCNC(C)C. The molecule has 0 radical (unpaired) electrons. The minimum atomic E-state index is -3.51. The van der Waals surface area contributed by atoms with Crippen LogP contribution < -0.4 is 10.0 Å². The summed E-state index contributed by atoms with van der Waals surface area (Å²) in [4.78, 5) is 0. The lowest BCUT2D eigenvalue weighted by molar-refractivity contribution is 0.451. The van der Waals surface area contributed by atoms with E-state index < -0.39 is 10.2 Å². The third kappa shape index (κ3) is 6.34. The Morgan fingerprint density at radius 2 is 2.00 bits per heavy atom. The van der Waals surface area contributed by atoms with Crippen molar-refractivity contribution in [2.24, 2.45) is 0 Å². The van der Waals surface area contributed by atoms with E-state index in [0.29, 0.717) is 18.3 Å². The molecule has 7 heteroatoms. The summed E-state index contributed by atoms with van der Waals surface area (Å²) in [5.41, 5.74) is 1.48. The van der Waals surface area contributed by atoms with Gasteiger partial charge < -0.3 is 5.32 Å². The minimum absolute atomic E-state index is 0.412. The first kappa shape index (κ1) is 18.4. The van der Waals surface area contributed by atoms with Gasteiger partial charge >= 0.3 is 10.2 Å². The Morgan fingerprint density at radius 1 is 1.33 bits per heavy atom. The molecule has 0 heterocycles. The van der Waals surface area contributed by atoms with Crippen molar-refractivity contribution in [1.29, 1.82) is 0 Å². The molecule has 0 unspecified atom stereocenters. The van der Waals surface area contributed by atoms with E-state index in [2.05, 4.69) is 39.8 Å². The zero-order chi connectivity index (χ0) is 16.0. The Kier molecular flexibility index (Phi) is 7.12. The van der Waals surface area contributed by atoms with Crippen molar-refractivity contribution < 1.29 is 8.42 Å². The summed E-state index contributed by atoms with van der Waals surface area (Å²) in [7, 11) is -1.92. The van der Waals surface area contributed by atoms with Crippen LogP contribution in [0.3, 0.4) is 0 Å². The van der Waals surface area contributed by atoms with Gasteiger partial charge in [-0.15, -0.1) is 0 Å². The van der Waals surface area contributed by atoms with E-state index in [9.17, 15) is 8.42 Å². The normalized spacial score (nSPS) is 12.1. The van der Waals surface area contributed by atoms with Gasteiger partial charge in [0.15, 0.2) is 0 Å². The van der Waals surface area contributed by atoms with Gasteiger partial charge in [0.1, 0.15) is 0 Å². The average molecular weight is 378 g/mol. The number of aryl methyl sites for hydroxylation is 1. The van der Waals surface area contributed by atoms with E-state index in [4.69, 9.17) is 0 Å². The van der Waals surface area contributed by atoms with Crippen LogP contribution in [0.15, 0.2) is 22.7 Å². The molecule has 0 saturated carbocycles. The van der Waals surface area contributed by atoms with E-state index in [1.165, 1.54) is 4.31 Å². The first-order chi connectivity index (χ1) is 9.72. The Balaban J connectivity index is 2.59. The summed E-state index contributed by atoms with van der Waals surface area (Å²) < 4.78 is 29.4. The van der Waals surface area contributed by atoms with E-state index in [0.717, 1.165) is 23.0 Å². The lowest BCUT2D eigenvalue weighted by Crippen LogP contribution is -2.35. The Bertz CT molecular complexity index is 561. The van der Waals surface area contributed by atoms with Crippen LogP contribution in [0.4, 0.5) is 5.69 Å². The summed E-state index contributed by atoms with van der Waals surface area (Å²) in [6.45, 7) is 7.28. The van der Waals surface area contributed by atoms with Crippen molar-refractivity contribution in [2.75, 3.05) is 24.9 Å². The van der Waals surface area contributed by atoms with Crippen LogP contribution in [0, 0.1) is 6.92 Å². The van der Waals surface area contributed by atoms with Crippen molar-refractivity contribution >= 4 is 31.8 Å². The standard InChI is InChI=1S/C14H24BrN3O2S/c1-11(2)16-8-5-9-18(4)21(19,20)17-14-7-6-13(15)10-12(14)3/h6-7,10-11,16-17H,5,8-9H2,1-4H3. The summed E-state index contributed by atoms with van der Waals surface area (Å²) in [6, 6.07) is 5.86. The average Bonchev–Trinajstić information content (AvgIpc) is 2.37. The van der Waals surface area contributed by atoms with Gasteiger partial charge in [0, 0.05) is 24.1 Å². The molecule has 0 spiro atoms. The highest BCUT2D eigenvalue weighted by atomic mass is 79.9. The maximum atomic E-state index is 12.2. The lowest BCUT2D eigenvalue weighted by atomic mass is 10.2.